The lowest BCUT2D eigenvalue weighted by Crippen LogP contribution is -2.45. The molecule has 1 fully saturated rings. The minimum atomic E-state index is -0.267. The van der Waals surface area contributed by atoms with Gasteiger partial charge in [0, 0.05) is 32.7 Å². The Morgan fingerprint density at radius 1 is 1.04 bits per heavy atom. The number of fused-ring (bicyclic) bond motifs is 1. The maximum atomic E-state index is 12.5. The van der Waals surface area contributed by atoms with Crippen molar-refractivity contribution in [3.05, 3.63) is 59.3 Å². The zero-order chi connectivity index (χ0) is 18.6. The number of hydrogen-bond donors (Lipinski definition) is 0. The predicted octanol–water partition coefficient (Wildman–Crippen LogP) is 2.53. The second-order valence-corrected chi connectivity index (χ2v) is 7.28. The van der Waals surface area contributed by atoms with Crippen LogP contribution in [0.5, 0.6) is 0 Å². The van der Waals surface area contributed by atoms with Gasteiger partial charge < -0.3 is 19.4 Å². The van der Waals surface area contributed by atoms with Crippen molar-refractivity contribution in [2.24, 2.45) is 0 Å². The number of pyridine rings is 1. The first-order valence-corrected chi connectivity index (χ1v) is 9.57. The summed E-state index contributed by atoms with van der Waals surface area (Å²) in [6.07, 6.45) is 0.558. The first-order chi connectivity index (χ1) is 13.2. The van der Waals surface area contributed by atoms with E-state index in [1.54, 1.807) is 4.90 Å². The van der Waals surface area contributed by atoms with E-state index in [9.17, 15) is 4.79 Å². The molecule has 6 nitrogen and oxygen atoms in total. The van der Waals surface area contributed by atoms with Crippen LogP contribution in [-0.4, -0.2) is 60.6 Å². The SMILES string of the molecule is CN1CCN(c2ccc3c(n2)CN(C(=O)OCc2ccccc2)CC3)CC1. The standard InChI is InChI=1S/C21H26N4O2/c1-23-11-13-24(14-12-23)20-8-7-18-9-10-25(15-19(18)22-20)21(26)27-16-17-5-3-2-4-6-17/h2-8H,9-16H2,1H3. The molecule has 1 amide bonds. The molecule has 4 rings (SSSR count). The Balaban J connectivity index is 1.39. The summed E-state index contributed by atoms with van der Waals surface area (Å²) in [4.78, 5) is 23.7. The van der Waals surface area contributed by atoms with Crippen molar-refractivity contribution in [3.63, 3.8) is 0 Å². The fraction of sp³-hybridized carbons (Fsp3) is 0.429. The molecule has 142 valence electrons. The summed E-state index contributed by atoms with van der Waals surface area (Å²) in [6, 6.07) is 14.1. The zero-order valence-electron chi connectivity index (χ0n) is 15.8. The van der Waals surface area contributed by atoms with Crippen LogP contribution in [0.4, 0.5) is 10.6 Å². The molecule has 0 unspecified atom stereocenters. The highest BCUT2D eigenvalue weighted by molar-refractivity contribution is 5.68. The quantitative estimate of drug-likeness (QED) is 0.835. The molecule has 3 heterocycles. The van der Waals surface area contributed by atoms with Gasteiger partial charge in [-0.25, -0.2) is 9.78 Å². The summed E-state index contributed by atoms with van der Waals surface area (Å²) < 4.78 is 5.48. The van der Waals surface area contributed by atoms with Crippen molar-refractivity contribution in [1.82, 2.24) is 14.8 Å². The number of likely N-dealkylation sites (N-methyl/N-ethyl adjacent to an activating group) is 1. The first-order valence-electron chi connectivity index (χ1n) is 9.57. The number of anilines is 1. The lowest BCUT2D eigenvalue weighted by Gasteiger charge is -2.34. The second kappa shape index (κ2) is 7.96. The summed E-state index contributed by atoms with van der Waals surface area (Å²) in [5.74, 6) is 1.02. The molecule has 0 bridgehead atoms. The van der Waals surface area contributed by atoms with Gasteiger partial charge in [0.25, 0.3) is 0 Å². The van der Waals surface area contributed by atoms with Crippen LogP contribution in [0.15, 0.2) is 42.5 Å². The van der Waals surface area contributed by atoms with Crippen LogP contribution in [0, 0.1) is 0 Å². The molecule has 0 saturated carbocycles. The highest BCUT2D eigenvalue weighted by Crippen LogP contribution is 2.22. The van der Waals surface area contributed by atoms with Gasteiger partial charge in [-0.1, -0.05) is 36.4 Å². The van der Waals surface area contributed by atoms with Gasteiger partial charge in [0.1, 0.15) is 12.4 Å². The third-order valence-electron chi connectivity index (χ3n) is 5.34. The minimum absolute atomic E-state index is 0.267. The van der Waals surface area contributed by atoms with Crippen molar-refractivity contribution in [2.75, 3.05) is 44.7 Å². The van der Waals surface area contributed by atoms with Crippen LogP contribution >= 0.6 is 0 Å². The number of piperazine rings is 1. The molecule has 2 aliphatic heterocycles. The zero-order valence-corrected chi connectivity index (χ0v) is 15.8. The van der Waals surface area contributed by atoms with E-state index < -0.39 is 0 Å². The van der Waals surface area contributed by atoms with Gasteiger partial charge in [-0.15, -0.1) is 0 Å². The first kappa shape index (κ1) is 17.8. The molecule has 0 aliphatic carbocycles. The van der Waals surface area contributed by atoms with Crippen molar-refractivity contribution in [1.29, 1.82) is 0 Å². The van der Waals surface area contributed by atoms with Gasteiger partial charge in [-0.3, -0.25) is 0 Å². The van der Waals surface area contributed by atoms with E-state index in [1.807, 2.05) is 30.3 Å². The highest BCUT2D eigenvalue weighted by Gasteiger charge is 2.24. The van der Waals surface area contributed by atoms with Crippen LogP contribution in [0.2, 0.25) is 0 Å². The summed E-state index contributed by atoms with van der Waals surface area (Å²) in [6.45, 7) is 5.59. The highest BCUT2D eigenvalue weighted by atomic mass is 16.6. The Kier molecular flexibility index (Phi) is 5.25. The Morgan fingerprint density at radius 3 is 2.59 bits per heavy atom. The normalized spacial score (nSPS) is 17.5. The van der Waals surface area contributed by atoms with Crippen molar-refractivity contribution in [2.45, 2.75) is 19.6 Å². The van der Waals surface area contributed by atoms with Crippen LogP contribution in [0.1, 0.15) is 16.8 Å². The van der Waals surface area contributed by atoms with Crippen molar-refractivity contribution < 1.29 is 9.53 Å². The molecule has 0 spiro atoms. The number of rotatable bonds is 3. The molecule has 1 saturated heterocycles. The van der Waals surface area contributed by atoms with E-state index in [2.05, 4.69) is 29.0 Å². The number of carbonyl (C=O) groups is 1. The Bertz CT molecular complexity index is 788. The number of carbonyl (C=O) groups excluding carboxylic acids is 1. The third kappa shape index (κ3) is 4.22. The number of benzene rings is 1. The van der Waals surface area contributed by atoms with Gasteiger partial charge in [0.05, 0.1) is 12.2 Å². The largest absolute Gasteiger partial charge is 0.445 e. The monoisotopic (exact) mass is 366 g/mol. The molecular formula is C21H26N4O2. The fourth-order valence-corrected chi connectivity index (χ4v) is 3.58. The molecule has 6 heteroatoms. The summed E-state index contributed by atoms with van der Waals surface area (Å²) in [7, 11) is 2.15. The molecule has 1 aromatic heterocycles. The third-order valence-corrected chi connectivity index (χ3v) is 5.34. The number of nitrogens with zero attached hydrogens (tertiary/aromatic N) is 4. The second-order valence-electron chi connectivity index (χ2n) is 7.28. The van der Waals surface area contributed by atoms with Crippen molar-refractivity contribution >= 4 is 11.9 Å². The van der Waals surface area contributed by atoms with Crippen LogP contribution < -0.4 is 4.90 Å². The molecule has 2 aliphatic rings. The molecule has 27 heavy (non-hydrogen) atoms. The molecule has 2 aromatic rings. The maximum Gasteiger partial charge on any atom is 0.410 e. The average molecular weight is 366 g/mol. The molecule has 0 atom stereocenters. The Hall–Kier alpha value is -2.60. The van der Waals surface area contributed by atoms with Crippen LogP contribution in [0.3, 0.4) is 0 Å². The van der Waals surface area contributed by atoms with Gasteiger partial charge in [0.2, 0.25) is 0 Å². The van der Waals surface area contributed by atoms with Crippen LogP contribution in [-0.2, 0) is 24.3 Å². The number of ether oxygens (including phenoxy) is 1. The number of hydrogen-bond acceptors (Lipinski definition) is 5. The van der Waals surface area contributed by atoms with E-state index in [0.717, 1.165) is 49.7 Å². The van der Waals surface area contributed by atoms with Crippen LogP contribution in [0.25, 0.3) is 0 Å². The number of amides is 1. The summed E-state index contributed by atoms with van der Waals surface area (Å²) in [5, 5.41) is 0. The van der Waals surface area contributed by atoms with Crippen molar-refractivity contribution in [3.8, 4) is 0 Å². The van der Waals surface area contributed by atoms with E-state index in [4.69, 9.17) is 9.72 Å². The predicted molar refractivity (Wildman–Crippen MR) is 105 cm³/mol. The molecular weight excluding hydrogens is 340 g/mol. The minimum Gasteiger partial charge on any atom is -0.445 e. The Labute approximate surface area is 160 Å². The van der Waals surface area contributed by atoms with Gasteiger partial charge in [-0.05, 0) is 30.7 Å². The average Bonchev–Trinajstić information content (AvgIpc) is 2.72. The van der Waals surface area contributed by atoms with E-state index >= 15 is 0 Å². The fourth-order valence-electron chi connectivity index (χ4n) is 3.58. The smallest absolute Gasteiger partial charge is 0.410 e. The lowest BCUT2D eigenvalue weighted by molar-refractivity contribution is 0.0913. The van der Waals surface area contributed by atoms with E-state index in [0.29, 0.717) is 19.7 Å². The van der Waals surface area contributed by atoms with E-state index in [1.165, 1.54) is 5.56 Å². The molecule has 1 aromatic carbocycles. The van der Waals surface area contributed by atoms with Gasteiger partial charge in [0.15, 0.2) is 0 Å². The summed E-state index contributed by atoms with van der Waals surface area (Å²) >= 11 is 0. The van der Waals surface area contributed by atoms with Gasteiger partial charge >= 0.3 is 6.09 Å². The maximum absolute atomic E-state index is 12.5. The Morgan fingerprint density at radius 2 is 1.81 bits per heavy atom. The van der Waals surface area contributed by atoms with Gasteiger partial charge in [-0.2, -0.15) is 0 Å². The molecule has 0 N–H and O–H groups in total. The van der Waals surface area contributed by atoms with E-state index in [-0.39, 0.29) is 6.09 Å². The molecule has 0 radical (unpaired) electrons. The summed E-state index contributed by atoms with van der Waals surface area (Å²) in [5.41, 5.74) is 3.23. The topological polar surface area (TPSA) is 48.9 Å². The number of aromatic nitrogens is 1. The lowest BCUT2D eigenvalue weighted by atomic mass is 10.1.